The van der Waals surface area contributed by atoms with Gasteiger partial charge in [-0.2, -0.15) is 0 Å². The molecule has 4 heteroatoms. The van der Waals surface area contributed by atoms with Gasteiger partial charge < -0.3 is 4.90 Å². The summed E-state index contributed by atoms with van der Waals surface area (Å²) < 4.78 is 12.6. The molecule has 3 nitrogen and oxygen atoms in total. The molecule has 76 valence electrons. The highest BCUT2D eigenvalue weighted by molar-refractivity contribution is 5.85. The smallest absolute Gasteiger partial charge is 0.141 e. The molecule has 15 heavy (non-hydrogen) atoms. The Balaban J connectivity index is 2.33. The highest BCUT2D eigenvalue weighted by Gasteiger charge is 2.08. The summed E-state index contributed by atoms with van der Waals surface area (Å²) in [6.45, 7) is 3.79. The Kier molecular flexibility index (Phi) is 2.33. The molecule has 0 fully saturated rings. The Hall–Kier alpha value is -1.97. The van der Waals surface area contributed by atoms with E-state index >= 15 is 0 Å². The molecule has 0 saturated heterocycles. The van der Waals surface area contributed by atoms with Crippen molar-refractivity contribution in [2.24, 2.45) is 4.99 Å². The van der Waals surface area contributed by atoms with Crippen LogP contribution in [-0.2, 0) is 0 Å². The van der Waals surface area contributed by atoms with Crippen LogP contribution in [0.1, 0.15) is 5.69 Å². The molecule has 2 heterocycles. The van der Waals surface area contributed by atoms with Crippen molar-refractivity contribution < 1.29 is 4.39 Å². The highest BCUT2D eigenvalue weighted by Crippen LogP contribution is 2.18. The van der Waals surface area contributed by atoms with Gasteiger partial charge in [-0.15, -0.1) is 0 Å². The quantitative estimate of drug-likeness (QED) is 0.698. The number of pyridine rings is 1. The molecule has 0 spiro atoms. The Morgan fingerprint density at radius 1 is 1.40 bits per heavy atom. The van der Waals surface area contributed by atoms with Gasteiger partial charge in [-0.3, -0.25) is 9.98 Å². The zero-order valence-corrected chi connectivity index (χ0v) is 8.31. The monoisotopic (exact) mass is 203 g/mol. The van der Waals surface area contributed by atoms with Crippen molar-refractivity contribution in [3.63, 3.8) is 0 Å². The number of hydrogen-bond donors (Lipinski definition) is 0. The normalized spacial score (nSPS) is 15.5. The minimum atomic E-state index is -0.350. The van der Waals surface area contributed by atoms with Crippen LogP contribution in [-0.4, -0.2) is 23.1 Å². The summed E-state index contributed by atoms with van der Waals surface area (Å²) >= 11 is 0. The van der Waals surface area contributed by atoms with Crippen molar-refractivity contribution in [3.05, 3.63) is 48.3 Å². The Labute approximate surface area is 87.3 Å². The molecule has 0 bridgehead atoms. The van der Waals surface area contributed by atoms with Gasteiger partial charge in [-0.25, -0.2) is 4.39 Å². The van der Waals surface area contributed by atoms with E-state index in [1.807, 2.05) is 18.1 Å². The van der Waals surface area contributed by atoms with Crippen molar-refractivity contribution in [1.82, 2.24) is 9.88 Å². The van der Waals surface area contributed by atoms with Crippen LogP contribution in [0.5, 0.6) is 0 Å². The zero-order valence-electron chi connectivity index (χ0n) is 8.31. The molecule has 0 N–H and O–H groups in total. The molecule has 0 saturated carbocycles. The van der Waals surface area contributed by atoms with Crippen LogP contribution < -0.4 is 0 Å². The third kappa shape index (κ3) is 1.93. The Morgan fingerprint density at radius 2 is 2.20 bits per heavy atom. The third-order valence-electron chi connectivity index (χ3n) is 2.11. The molecule has 2 rings (SSSR count). The van der Waals surface area contributed by atoms with Gasteiger partial charge in [0.2, 0.25) is 0 Å². The number of aliphatic imine (C=N–C) groups is 1. The van der Waals surface area contributed by atoms with E-state index in [1.54, 1.807) is 12.3 Å². The number of hydrogen-bond acceptors (Lipinski definition) is 3. The summed E-state index contributed by atoms with van der Waals surface area (Å²) in [6, 6.07) is 2.96. The molecule has 0 unspecified atom stereocenters. The molecular formula is C11H10FN3. The lowest BCUT2D eigenvalue weighted by Crippen LogP contribution is -2.14. The van der Waals surface area contributed by atoms with Crippen molar-refractivity contribution in [2.45, 2.75) is 0 Å². The maximum atomic E-state index is 12.6. The average Bonchev–Trinajstić information content (AvgIpc) is 2.23. The van der Waals surface area contributed by atoms with Gasteiger partial charge in [0.15, 0.2) is 0 Å². The van der Waals surface area contributed by atoms with Crippen LogP contribution in [0.3, 0.4) is 0 Å². The van der Waals surface area contributed by atoms with Crippen molar-refractivity contribution in [2.75, 3.05) is 7.05 Å². The molecule has 0 aliphatic carbocycles. The fourth-order valence-corrected chi connectivity index (χ4v) is 1.19. The van der Waals surface area contributed by atoms with E-state index in [9.17, 15) is 4.39 Å². The lowest BCUT2D eigenvalue weighted by molar-refractivity contribution is 0.600. The van der Waals surface area contributed by atoms with E-state index in [4.69, 9.17) is 0 Å². The average molecular weight is 203 g/mol. The van der Waals surface area contributed by atoms with E-state index in [-0.39, 0.29) is 5.82 Å². The maximum absolute atomic E-state index is 12.6. The predicted octanol–water partition coefficient (Wildman–Crippen LogP) is 2.05. The first-order chi connectivity index (χ1) is 7.16. The summed E-state index contributed by atoms with van der Waals surface area (Å²) in [4.78, 5) is 9.96. The predicted molar refractivity (Wildman–Crippen MR) is 57.6 cm³/mol. The van der Waals surface area contributed by atoms with E-state index in [0.717, 1.165) is 5.70 Å². The largest absolute Gasteiger partial charge is 0.348 e. The minimum absolute atomic E-state index is 0.350. The first-order valence-electron chi connectivity index (χ1n) is 4.46. The van der Waals surface area contributed by atoms with Crippen LogP contribution in [0.15, 0.2) is 41.8 Å². The molecule has 0 amide bonds. The van der Waals surface area contributed by atoms with Crippen LogP contribution in [0, 0.1) is 5.82 Å². The zero-order chi connectivity index (χ0) is 10.8. The Bertz CT molecular complexity index is 445. The summed E-state index contributed by atoms with van der Waals surface area (Å²) in [5.74, 6) is -0.350. The lowest BCUT2D eigenvalue weighted by atomic mass is 10.2. The summed E-state index contributed by atoms with van der Waals surface area (Å²) in [6.07, 6.45) is 4.64. The number of allylic oxidation sites excluding steroid dienone is 1. The lowest BCUT2D eigenvalue weighted by Gasteiger charge is -2.18. The van der Waals surface area contributed by atoms with Gasteiger partial charge in [-0.05, 0) is 12.1 Å². The summed E-state index contributed by atoms with van der Waals surface area (Å²) in [5, 5.41) is 0. The fraction of sp³-hybridized carbons (Fsp3) is 0.0909. The van der Waals surface area contributed by atoms with Gasteiger partial charge in [0.05, 0.1) is 23.8 Å². The summed E-state index contributed by atoms with van der Waals surface area (Å²) in [7, 11) is 1.87. The molecule has 1 aromatic rings. The molecule has 1 aliphatic rings. The van der Waals surface area contributed by atoms with Crippen molar-refractivity contribution in [3.8, 4) is 0 Å². The number of nitrogens with zero attached hydrogens (tertiary/aromatic N) is 3. The molecule has 1 aromatic heterocycles. The van der Waals surface area contributed by atoms with Crippen LogP contribution >= 0.6 is 0 Å². The van der Waals surface area contributed by atoms with Crippen molar-refractivity contribution >= 4 is 11.9 Å². The van der Waals surface area contributed by atoms with Gasteiger partial charge in [-0.1, -0.05) is 6.58 Å². The summed E-state index contributed by atoms with van der Waals surface area (Å²) in [5.41, 5.74) is 2.15. The van der Waals surface area contributed by atoms with Crippen LogP contribution in [0.25, 0.3) is 5.70 Å². The number of halogens is 1. The minimum Gasteiger partial charge on any atom is -0.348 e. The van der Waals surface area contributed by atoms with E-state index < -0.39 is 0 Å². The topological polar surface area (TPSA) is 28.5 Å². The maximum Gasteiger partial charge on any atom is 0.141 e. The van der Waals surface area contributed by atoms with Crippen molar-refractivity contribution in [1.29, 1.82) is 0 Å². The van der Waals surface area contributed by atoms with Gasteiger partial charge in [0, 0.05) is 13.2 Å². The second kappa shape index (κ2) is 3.65. The van der Waals surface area contributed by atoms with E-state index in [2.05, 4.69) is 16.6 Å². The number of rotatable bonds is 1. The Morgan fingerprint density at radius 3 is 2.80 bits per heavy atom. The SMILES string of the molecule is C=C1C=NC(c2ccc(F)cn2)=CN1C. The van der Waals surface area contributed by atoms with Gasteiger partial charge >= 0.3 is 0 Å². The molecule has 0 radical (unpaired) electrons. The number of aromatic nitrogens is 1. The van der Waals surface area contributed by atoms with E-state index in [1.165, 1.54) is 12.3 Å². The second-order valence-electron chi connectivity index (χ2n) is 3.24. The third-order valence-corrected chi connectivity index (χ3v) is 2.11. The van der Waals surface area contributed by atoms with Gasteiger partial charge in [0.25, 0.3) is 0 Å². The van der Waals surface area contributed by atoms with Crippen LogP contribution in [0.4, 0.5) is 4.39 Å². The van der Waals surface area contributed by atoms with E-state index in [0.29, 0.717) is 11.4 Å². The first-order valence-corrected chi connectivity index (χ1v) is 4.46. The molecule has 0 atom stereocenters. The molecular weight excluding hydrogens is 193 g/mol. The van der Waals surface area contributed by atoms with Gasteiger partial charge in [0.1, 0.15) is 11.5 Å². The fourth-order valence-electron chi connectivity index (χ4n) is 1.19. The molecule has 1 aliphatic heterocycles. The first kappa shape index (κ1) is 9.58. The molecule has 0 aromatic carbocycles. The highest BCUT2D eigenvalue weighted by atomic mass is 19.1. The van der Waals surface area contributed by atoms with Crippen LogP contribution in [0.2, 0.25) is 0 Å². The standard InChI is InChI=1S/C11H10FN3/c1-8-5-13-11(7-15(8)2)10-4-3-9(12)6-14-10/h3-7H,1H2,2H3. The second-order valence-corrected chi connectivity index (χ2v) is 3.24.